The molecule has 19 heteroatoms. The molecule has 0 radical (unpaired) electrons. The number of sulfone groups is 1. The maximum atomic E-state index is 13.1. The summed E-state index contributed by atoms with van der Waals surface area (Å²) in [4.78, 5) is -1.17. The van der Waals surface area contributed by atoms with Crippen molar-refractivity contribution >= 4 is 64.2 Å². The zero-order valence-corrected chi connectivity index (χ0v) is 29.0. The van der Waals surface area contributed by atoms with Crippen molar-refractivity contribution < 1.29 is 93.5 Å². The summed E-state index contributed by atoms with van der Waals surface area (Å²) in [5, 5.41) is 15.5. The average Bonchev–Trinajstić information content (AvgIpc) is 2.91. The quantitative estimate of drug-likeness (QED) is 0.0941. The molecular weight excluding hydrogens is 642 g/mol. The predicted octanol–water partition coefficient (Wildman–Crippen LogP) is -1.67. The zero-order chi connectivity index (χ0) is 30.0. The van der Waals surface area contributed by atoms with Crippen molar-refractivity contribution in [3.05, 3.63) is 84.9 Å². The minimum absolute atomic E-state index is 0. The Hall–Kier alpha value is -2.55. The minimum atomic E-state index is -4.72. The Morgan fingerprint density at radius 1 is 0.465 bits per heavy atom. The van der Waals surface area contributed by atoms with Crippen LogP contribution in [-0.4, -0.2) is 34.4 Å². The van der Waals surface area contributed by atoms with Gasteiger partial charge >= 0.3 is 59.1 Å². The van der Waals surface area contributed by atoms with Crippen LogP contribution in [0.15, 0.2) is 125 Å². The maximum absolute atomic E-state index is 13.1. The maximum Gasteiger partial charge on any atom is 1.00 e. The Balaban J connectivity index is 0.00000323. The van der Waals surface area contributed by atoms with Gasteiger partial charge in [0.25, 0.3) is 0 Å². The van der Waals surface area contributed by atoms with Crippen LogP contribution < -0.4 is 70.6 Å². The van der Waals surface area contributed by atoms with Gasteiger partial charge in [0.15, 0.2) is 0 Å². The minimum Gasteiger partial charge on any atom is -0.744 e. The van der Waals surface area contributed by atoms with Crippen molar-refractivity contribution in [2.45, 2.75) is 19.6 Å². The summed E-state index contributed by atoms with van der Waals surface area (Å²) in [6.45, 7) is 0. The van der Waals surface area contributed by atoms with Gasteiger partial charge in [0, 0.05) is 0 Å². The molecule has 0 aliphatic heterocycles. The Morgan fingerprint density at radius 2 is 0.767 bits per heavy atom. The fourth-order valence-corrected chi connectivity index (χ4v) is 5.52. The van der Waals surface area contributed by atoms with Gasteiger partial charge in [-0.05, 0) is 84.9 Å². The van der Waals surface area contributed by atoms with Crippen molar-refractivity contribution in [2.75, 3.05) is 11.5 Å². The summed E-state index contributed by atoms with van der Waals surface area (Å²) in [6, 6.07) is 17.1. The van der Waals surface area contributed by atoms with Crippen molar-refractivity contribution in [3.63, 3.8) is 0 Å². The molecule has 4 rings (SSSR count). The Kier molecular flexibility index (Phi) is 12.3. The van der Waals surface area contributed by atoms with E-state index in [2.05, 4.69) is 20.5 Å². The van der Waals surface area contributed by atoms with Crippen molar-refractivity contribution in [1.82, 2.24) is 0 Å². The van der Waals surface area contributed by atoms with E-state index in [1.807, 2.05) is 0 Å². The van der Waals surface area contributed by atoms with Gasteiger partial charge in [0.2, 0.25) is 9.84 Å². The molecule has 0 amide bonds. The largest absolute Gasteiger partial charge is 1.00 e. The molecule has 0 aliphatic carbocycles. The number of rotatable bonds is 8. The summed E-state index contributed by atoms with van der Waals surface area (Å²) in [7, 11) is -13.4. The van der Waals surface area contributed by atoms with Crippen LogP contribution in [0.3, 0.4) is 0 Å². The molecule has 0 atom stereocenters. The molecular formula is C24H18N6Na2O8S3. The van der Waals surface area contributed by atoms with Crippen LogP contribution in [0.2, 0.25) is 0 Å². The first-order chi connectivity index (χ1) is 19.1. The fraction of sp³-hybridized carbons (Fsp3) is 0. The molecule has 0 fully saturated rings. The van der Waals surface area contributed by atoms with Gasteiger partial charge in [0.05, 0.1) is 42.3 Å². The third-order valence-electron chi connectivity index (χ3n) is 5.42. The van der Waals surface area contributed by atoms with Gasteiger partial charge in [0.1, 0.15) is 31.6 Å². The summed E-state index contributed by atoms with van der Waals surface area (Å²) in [6.07, 6.45) is 0. The first-order valence-electron chi connectivity index (χ1n) is 11.1. The first kappa shape index (κ1) is 36.6. The molecule has 4 aromatic rings. The van der Waals surface area contributed by atoms with Crippen LogP contribution in [0, 0.1) is 0 Å². The van der Waals surface area contributed by atoms with Gasteiger partial charge < -0.3 is 20.6 Å². The van der Waals surface area contributed by atoms with E-state index in [4.69, 9.17) is 11.5 Å². The molecule has 0 unspecified atom stereocenters. The predicted molar refractivity (Wildman–Crippen MR) is 144 cm³/mol. The molecule has 0 aromatic heterocycles. The number of nitrogens with two attached hydrogens (primary N) is 2. The molecule has 0 aliphatic rings. The summed E-state index contributed by atoms with van der Waals surface area (Å²) < 4.78 is 93.4. The fourth-order valence-electron chi connectivity index (χ4n) is 3.27. The molecule has 212 valence electrons. The molecule has 0 saturated carbocycles. The standard InChI is InChI=1S/C24H20N6O8S3.2Na/c25-21-11-9-19(40(33,34)35)13-23(21)29-27-15-1-5-17(6-2-15)39(31,32)18-7-3-16(4-8-18)28-30-24-14-20(41(36,37)38)10-12-22(24)26;;/h1-14H,25-26H2,(H,33,34,35)(H,36,37,38);;/q;2*+1/p-2. The van der Waals surface area contributed by atoms with E-state index in [1.54, 1.807) is 0 Å². The van der Waals surface area contributed by atoms with Crippen molar-refractivity contribution in [3.8, 4) is 0 Å². The Labute approximate surface area is 291 Å². The monoisotopic (exact) mass is 660 g/mol. The van der Waals surface area contributed by atoms with E-state index in [0.29, 0.717) is 0 Å². The SMILES string of the molecule is Nc1ccc(S(=O)(=O)[O-])cc1N=Nc1ccc(S(=O)(=O)c2ccc(N=Nc3cc(S(=O)(=O)[O-])ccc3N)cc2)cc1.[Na+].[Na+]. The number of hydrogen-bond donors (Lipinski definition) is 2. The number of benzene rings is 4. The smallest absolute Gasteiger partial charge is 0.744 e. The molecule has 4 aromatic carbocycles. The molecule has 0 saturated heterocycles. The van der Waals surface area contributed by atoms with Crippen LogP contribution in [0.4, 0.5) is 34.1 Å². The molecule has 4 N–H and O–H groups in total. The van der Waals surface area contributed by atoms with Gasteiger partial charge in [-0.15, -0.1) is 10.2 Å². The van der Waals surface area contributed by atoms with Crippen molar-refractivity contribution in [2.24, 2.45) is 20.5 Å². The number of nitrogens with zero attached hydrogens (tertiary/aromatic N) is 4. The second kappa shape index (κ2) is 14.5. The number of hydrogen-bond acceptors (Lipinski definition) is 14. The number of anilines is 2. The van der Waals surface area contributed by atoms with E-state index < -0.39 is 39.9 Å². The third-order valence-corrected chi connectivity index (χ3v) is 8.87. The number of nitrogen functional groups attached to an aromatic ring is 2. The van der Waals surface area contributed by atoms with Crippen LogP contribution in [-0.2, 0) is 30.1 Å². The second-order valence-electron chi connectivity index (χ2n) is 8.24. The van der Waals surface area contributed by atoms with E-state index >= 15 is 0 Å². The van der Waals surface area contributed by atoms with E-state index in [-0.39, 0.29) is 103 Å². The zero-order valence-electron chi connectivity index (χ0n) is 22.5. The first-order valence-corrected chi connectivity index (χ1v) is 15.4. The molecule has 0 heterocycles. The van der Waals surface area contributed by atoms with Crippen LogP contribution >= 0.6 is 0 Å². The van der Waals surface area contributed by atoms with Gasteiger partial charge in [-0.25, -0.2) is 25.3 Å². The summed E-state index contributed by atoms with van der Waals surface area (Å²) >= 11 is 0. The van der Waals surface area contributed by atoms with Crippen LogP contribution in [0.5, 0.6) is 0 Å². The Morgan fingerprint density at radius 3 is 1.07 bits per heavy atom. The van der Waals surface area contributed by atoms with Gasteiger partial charge in [-0.1, -0.05) is 0 Å². The molecule has 0 bridgehead atoms. The average molecular weight is 661 g/mol. The topological polar surface area (TPSA) is 250 Å². The van der Waals surface area contributed by atoms with E-state index in [1.165, 1.54) is 60.7 Å². The molecule has 43 heavy (non-hydrogen) atoms. The molecule has 0 spiro atoms. The van der Waals surface area contributed by atoms with E-state index in [0.717, 1.165) is 24.3 Å². The van der Waals surface area contributed by atoms with Crippen LogP contribution in [0.25, 0.3) is 0 Å². The second-order valence-corrected chi connectivity index (χ2v) is 12.9. The summed E-state index contributed by atoms with van der Waals surface area (Å²) in [5.74, 6) is 0. The van der Waals surface area contributed by atoms with E-state index in [9.17, 15) is 34.4 Å². The van der Waals surface area contributed by atoms with Gasteiger partial charge in [-0.3, -0.25) is 0 Å². The Bertz CT molecular complexity index is 1880. The normalized spacial score (nSPS) is 12.1. The van der Waals surface area contributed by atoms with Gasteiger partial charge in [-0.2, -0.15) is 10.2 Å². The van der Waals surface area contributed by atoms with Crippen molar-refractivity contribution in [1.29, 1.82) is 0 Å². The van der Waals surface area contributed by atoms with Crippen LogP contribution in [0.1, 0.15) is 0 Å². The third kappa shape index (κ3) is 9.22. The summed E-state index contributed by atoms with van der Waals surface area (Å²) in [5.41, 5.74) is 12.0. The molecule has 14 nitrogen and oxygen atoms in total. The number of azo groups is 2.